The number of hydrogen-bond acceptors (Lipinski definition) is 4. The fourth-order valence-electron chi connectivity index (χ4n) is 4.84. The normalized spacial score (nSPS) is 38.2. The molecule has 1 spiro atoms. The average molecular weight is 333 g/mol. The predicted molar refractivity (Wildman–Crippen MR) is 88.1 cm³/mol. The first-order valence-electron chi connectivity index (χ1n) is 9.36. The van der Waals surface area contributed by atoms with Crippen LogP contribution in [0.1, 0.15) is 46.0 Å². The highest BCUT2D eigenvalue weighted by Crippen LogP contribution is 2.53. The molecule has 2 bridgehead atoms. The topological polar surface area (TPSA) is 55.8 Å². The average Bonchev–Trinajstić information content (AvgIpc) is 3.22. The van der Waals surface area contributed by atoms with Gasteiger partial charge in [0.2, 0.25) is 5.91 Å². The van der Waals surface area contributed by atoms with Gasteiger partial charge in [0.15, 0.2) is 0 Å². The molecule has 132 valence electrons. The van der Waals surface area contributed by atoms with E-state index < -0.39 is 17.4 Å². The van der Waals surface area contributed by atoms with Crippen molar-refractivity contribution in [2.75, 3.05) is 13.2 Å². The van der Waals surface area contributed by atoms with Crippen LogP contribution >= 0.6 is 0 Å². The third kappa shape index (κ3) is 2.40. The molecule has 3 aliphatic heterocycles. The summed E-state index contributed by atoms with van der Waals surface area (Å²) in [7, 11) is 0. The van der Waals surface area contributed by atoms with Crippen LogP contribution in [0.15, 0.2) is 12.2 Å². The lowest BCUT2D eigenvalue weighted by molar-refractivity contribution is -0.155. The number of fused-ring (bicyclic) bond motifs is 1. The number of nitrogens with zero attached hydrogens (tertiary/aromatic N) is 1. The van der Waals surface area contributed by atoms with E-state index in [0.29, 0.717) is 19.2 Å². The van der Waals surface area contributed by atoms with Gasteiger partial charge in [-0.2, -0.15) is 0 Å². The van der Waals surface area contributed by atoms with E-state index in [-0.39, 0.29) is 23.9 Å². The van der Waals surface area contributed by atoms with E-state index in [1.165, 1.54) is 19.3 Å². The fourth-order valence-corrected chi connectivity index (χ4v) is 4.84. The second-order valence-electron chi connectivity index (χ2n) is 8.18. The van der Waals surface area contributed by atoms with Gasteiger partial charge in [-0.25, -0.2) is 0 Å². The minimum atomic E-state index is -0.597. The van der Waals surface area contributed by atoms with Gasteiger partial charge in [-0.3, -0.25) is 9.59 Å². The summed E-state index contributed by atoms with van der Waals surface area (Å²) < 4.78 is 11.6. The first-order valence-corrected chi connectivity index (χ1v) is 9.36. The summed E-state index contributed by atoms with van der Waals surface area (Å²) in [4.78, 5) is 27.7. The second kappa shape index (κ2) is 5.87. The zero-order chi connectivity index (χ0) is 16.9. The summed E-state index contributed by atoms with van der Waals surface area (Å²) in [6, 6.07) is 0.314. The minimum Gasteiger partial charge on any atom is -0.465 e. The van der Waals surface area contributed by atoms with E-state index in [1.807, 2.05) is 30.9 Å². The highest BCUT2D eigenvalue weighted by atomic mass is 16.6. The maximum Gasteiger partial charge on any atom is 0.312 e. The Bertz CT molecular complexity index is 566. The Kier molecular flexibility index (Phi) is 3.94. The predicted octanol–water partition coefficient (Wildman–Crippen LogP) is 2.30. The van der Waals surface area contributed by atoms with E-state index in [1.54, 1.807) is 0 Å². The Hall–Kier alpha value is -1.36. The summed E-state index contributed by atoms with van der Waals surface area (Å²) in [5.41, 5.74) is -0.597. The SMILES string of the molecule is CC(C)COC(=O)C1[C@H]2C=CC3(CN(C4CCCCC4)C(=O)[C@@H]13)O2. The van der Waals surface area contributed by atoms with Crippen molar-refractivity contribution < 1.29 is 19.1 Å². The van der Waals surface area contributed by atoms with Crippen LogP contribution < -0.4 is 0 Å². The smallest absolute Gasteiger partial charge is 0.312 e. The zero-order valence-electron chi connectivity index (χ0n) is 14.6. The van der Waals surface area contributed by atoms with Crippen LogP contribution in [0.5, 0.6) is 0 Å². The van der Waals surface area contributed by atoms with Crippen LogP contribution in [-0.2, 0) is 19.1 Å². The molecule has 3 fully saturated rings. The largest absolute Gasteiger partial charge is 0.465 e. The van der Waals surface area contributed by atoms with Crippen LogP contribution in [-0.4, -0.2) is 47.7 Å². The summed E-state index contributed by atoms with van der Waals surface area (Å²) in [5.74, 6) is -0.760. The Balaban J connectivity index is 1.54. The number of carbonyl (C=O) groups is 2. The Labute approximate surface area is 143 Å². The van der Waals surface area contributed by atoms with Crippen molar-refractivity contribution in [3.63, 3.8) is 0 Å². The van der Waals surface area contributed by atoms with Crippen LogP contribution in [0.2, 0.25) is 0 Å². The Morgan fingerprint density at radius 3 is 2.83 bits per heavy atom. The van der Waals surface area contributed by atoms with Crippen molar-refractivity contribution in [2.24, 2.45) is 17.8 Å². The molecule has 4 atom stereocenters. The van der Waals surface area contributed by atoms with Gasteiger partial charge in [-0.15, -0.1) is 0 Å². The first-order chi connectivity index (χ1) is 11.5. The maximum absolute atomic E-state index is 13.1. The second-order valence-corrected chi connectivity index (χ2v) is 8.18. The number of rotatable bonds is 4. The number of carbonyl (C=O) groups excluding carboxylic acids is 2. The first kappa shape index (κ1) is 16.1. The van der Waals surface area contributed by atoms with Crippen LogP contribution in [0, 0.1) is 17.8 Å². The van der Waals surface area contributed by atoms with Gasteiger partial charge in [0.25, 0.3) is 0 Å². The number of hydrogen-bond donors (Lipinski definition) is 0. The molecule has 2 unspecified atom stereocenters. The van der Waals surface area contributed by atoms with Gasteiger partial charge in [-0.1, -0.05) is 45.3 Å². The van der Waals surface area contributed by atoms with Crippen molar-refractivity contribution in [1.82, 2.24) is 4.90 Å². The molecule has 5 heteroatoms. The van der Waals surface area contributed by atoms with Gasteiger partial charge >= 0.3 is 5.97 Å². The van der Waals surface area contributed by atoms with E-state index in [4.69, 9.17) is 9.47 Å². The lowest BCUT2D eigenvalue weighted by Crippen LogP contribution is -2.42. The van der Waals surface area contributed by atoms with E-state index in [2.05, 4.69) is 0 Å². The Morgan fingerprint density at radius 1 is 1.38 bits per heavy atom. The van der Waals surface area contributed by atoms with Gasteiger partial charge in [-0.05, 0) is 18.8 Å². The zero-order valence-corrected chi connectivity index (χ0v) is 14.6. The lowest BCUT2D eigenvalue weighted by atomic mass is 9.77. The molecule has 4 rings (SSSR count). The molecule has 0 aromatic carbocycles. The molecule has 24 heavy (non-hydrogen) atoms. The number of amides is 1. The van der Waals surface area contributed by atoms with Crippen LogP contribution in [0.4, 0.5) is 0 Å². The van der Waals surface area contributed by atoms with Gasteiger partial charge in [0, 0.05) is 6.04 Å². The van der Waals surface area contributed by atoms with Gasteiger partial charge < -0.3 is 14.4 Å². The standard InChI is InChI=1S/C19H27NO4/c1-12(2)10-23-18(22)15-14-8-9-19(24-14)11-20(17(21)16(15)19)13-6-4-3-5-7-13/h8-9,12-16H,3-7,10-11H2,1-2H3/t14-,15?,16-,19?/m1/s1. The van der Waals surface area contributed by atoms with E-state index in [0.717, 1.165) is 12.8 Å². The number of esters is 1. The quantitative estimate of drug-likeness (QED) is 0.585. The highest BCUT2D eigenvalue weighted by Gasteiger charge is 2.67. The molecular formula is C19H27NO4. The van der Waals surface area contributed by atoms with Crippen LogP contribution in [0.3, 0.4) is 0 Å². The molecule has 2 saturated heterocycles. The van der Waals surface area contributed by atoms with Crippen molar-refractivity contribution in [3.05, 3.63) is 12.2 Å². The molecule has 3 heterocycles. The monoisotopic (exact) mass is 333 g/mol. The summed E-state index contributed by atoms with van der Waals surface area (Å²) >= 11 is 0. The molecule has 0 aromatic heterocycles. The van der Waals surface area contributed by atoms with Gasteiger partial charge in [0.1, 0.15) is 11.5 Å². The molecule has 1 aliphatic carbocycles. The van der Waals surface area contributed by atoms with Crippen molar-refractivity contribution in [2.45, 2.75) is 63.7 Å². The number of likely N-dealkylation sites (tertiary alicyclic amines) is 1. The van der Waals surface area contributed by atoms with Crippen molar-refractivity contribution in [1.29, 1.82) is 0 Å². The van der Waals surface area contributed by atoms with E-state index >= 15 is 0 Å². The summed E-state index contributed by atoms with van der Waals surface area (Å²) in [6.45, 7) is 5.02. The summed E-state index contributed by atoms with van der Waals surface area (Å²) in [6.07, 6.45) is 9.46. The minimum absolute atomic E-state index is 0.0975. The molecule has 4 aliphatic rings. The number of ether oxygens (including phenoxy) is 2. The van der Waals surface area contributed by atoms with Gasteiger partial charge in [0.05, 0.1) is 25.2 Å². The summed E-state index contributed by atoms with van der Waals surface area (Å²) in [5, 5.41) is 0. The third-order valence-electron chi connectivity index (χ3n) is 5.98. The molecule has 1 saturated carbocycles. The highest BCUT2D eigenvalue weighted by molar-refractivity contribution is 5.91. The maximum atomic E-state index is 13.1. The van der Waals surface area contributed by atoms with Crippen LogP contribution in [0.25, 0.3) is 0 Å². The third-order valence-corrected chi connectivity index (χ3v) is 5.98. The fraction of sp³-hybridized carbons (Fsp3) is 0.789. The van der Waals surface area contributed by atoms with Crippen molar-refractivity contribution >= 4 is 11.9 Å². The lowest BCUT2D eigenvalue weighted by Gasteiger charge is -2.32. The Morgan fingerprint density at radius 2 is 2.12 bits per heavy atom. The van der Waals surface area contributed by atoms with E-state index in [9.17, 15) is 9.59 Å². The molecule has 5 nitrogen and oxygen atoms in total. The molecule has 0 radical (unpaired) electrons. The molecular weight excluding hydrogens is 306 g/mol. The molecule has 0 N–H and O–H groups in total. The van der Waals surface area contributed by atoms with Crippen molar-refractivity contribution in [3.8, 4) is 0 Å². The molecule has 1 amide bonds. The molecule has 0 aromatic rings.